The molecule has 1 amide bonds. The lowest BCUT2D eigenvalue weighted by atomic mass is 10.1. The molecule has 0 bridgehead atoms. The summed E-state index contributed by atoms with van der Waals surface area (Å²) in [4.78, 5) is 11.9. The highest BCUT2D eigenvalue weighted by Gasteiger charge is 2.21. The van der Waals surface area contributed by atoms with Crippen LogP contribution >= 0.6 is 24.0 Å². The van der Waals surface area contributed by atoms with Crippen LogP contribution in [-0.2, 0) is 4.79 Å². The van der Waals surface area contributed by atoms with E-state index >= 15 is 0 Å². The van der Waals surface area contributed by atoms with Gasteiger partial charge in [-0.1, -0.05) is 30.0 Å². The normalized spacial score (nSPS) is 18.0. The molecule has 0 saturated carbocycles. The Balaban J connectivity index is 2.32. The molecular weight excluding hydrogens is 245 g/mol. The van der Waals surface area contributed by atoms with E-state index in [0.29, 0.717) is 14.8 Å². The minimum atomic E-state index is -0.249. The molecule has 5 heteroatoms. The summed E-state index contributed by atoms with van der Waals surface area (Å²) < 4.78 is 13.5. The summed E-state index contributed by atoms with van der Waals surface area (Å²) >= 11 is 6.08. The second kappa shape index (κ2) is 4.35. The highest BCUT2D eigenvalue weighted by Crippen LogP contribution is 2.26. The van der Waals surface area contributed by atoms with Crippen molar-refractivity contribution in [3.63, 3.8) is 0 Å². The number of carbonyl (C=O) groups is 1. The Morgan fingerprint density at radius 1 is 1.50 bits per heavy atom. The number of carbonyl (C=O) groups excluding carboxylic acids is 1. The van der Waals surface area contributed by atoms with Crippen LogP contribution in [0.25, 0.3) is 6.08 Å². The van der Waals surface area contributed by atoms with Crippen molar-refractivity contribution in [2.24, 2.45) is 0 Å². The van der Waals surface area contributed by atoms with E-state index in [4.69, 9.17) is 12.2 Å². The maximum absolute atomic E-state index is 13.0. The molecule has 1 saturated heterocycles. The molecule has 1 aliphatic heterocycles. The van der Waals surface area contributed by atoms with E-state index in [1.54, 1.807) is 25.1 Å². The zero-order chi connectivity index (χ0) is 11.7. The van der Waals surface area contributed by atoms with Gasteiger partial charge in [-0.05, 0) is 36.3 Å². The molecule has 1 aromatic rings. The van der Waals surface area contributed by atoms with Crippen LogP contribution < -0.4 is 5.32 Å². The van der Waals surface area contributed by atoms with Gasteiger partial charge in [0, 0.05) is 0 Å². The van der Waals surface area contributed by atoms with E-state index in [1.807, 2.05) is 0 Å². The molecule has 1 heterocycles. The smallest absolute Gasteiger partial charge is 0.263 e. The Morgan fingerprint density at radius 2 is 2.25 bits per heavy atom. The minimum Gasteiger partial charge on any atom is -0.307 e. The van der Waals surface area contributed by atoms with Crippen LogP contribution in [0.1, 0.15) is 11.1 Å². The number of aryl methyl sites for hydroxylation is 1. The van der Waals surface area contributed by atoms with Gasteiger partial charge >= 0.3 is 0 Å². The lowest BCUT2D eigenvalue weighted by Crippen LogP contribution is -2.17. The zero-order valence-corrected chi connectivity index (χ0v) is 10.0. The Kier molecular flexibility index (Phi) is 3.07. The van der Waals surface area contributed by atoms with Crippen molar-refractivity contribution in [2.45, 2.75) is 6.92 Å². The van der Waals surface area contributed by atoms with Gasteiger partial charge in [-0.3, -0.25) is 4.79 Å². The van der Waals surface area contributed by atoms with Gasteiger partial charge in [0.2, 0.25) is 0 Å². The topological polar surface area (TPSA) is 29.1 Å². The van der Waals surface area contributed by atoms with Crippen LogP contribution in [0.2, 0.25) is 0 Å². The number of hydrogen-bond acceptors (Lipinski definition) is 3. The van der Waals surface area contributed by atoms with E-state index in [-0.39, 0.29) is 11.7 Å². The first-order chi connectivity index (χ1) is 7.56. The summed E-state index contributed by atoms with van der Waals surface area (Å²) in [6, 6.07) is 4.71. The number of thiocarbonyl (C=S) groups is 1. The lowest BCUT2D eigenvalue weighted by molar-refractivity contribution is -0.115. The second-order valence-electron chi connectivity index (χ2n) is 3.36. The molecule has 0 aliphatic carbocycles. The molecule has 1 fully saturated rings. The SMILES string of the molecule is Cc1cc(C=C2SC(=S)NC2=O)ccc1F. The standard InChI is InChI=1S/C11H8FNOS2/c1-6-4-7(2-3-8(6)12)5-9-10(14)13-11(15)16-9/h2-5H,1H3,(H,13,14,15). The van der Waals surface area contributed by atoms with E-state index in [1.165, 1.54) is 17.8 Å². The number of rotatable bonds is 1. The van der Waals surface area contributed by atoms with Crippen molar-refractivity contribution in [3.8, 4) is 0 Å². The summed E-state index contributed by atoms with van der Waals surface area (Å²) in [5, 5.41) is 2.53. The van der Waals surface area contributed by atoms with Gasteiger partial charge in [-0.15, -0.1) is 0 Å². The van der Waals surface area contributed by atoms with Crippen molar-refractivity contribution in [2.75, 3.05) is 0 Å². The number of nitrogens with one attached hydrogen (secondary N) is 1. The van der Waals surface area contributed by atoms with Gasteiger partial charge in [0.15, 0.2) is 0 Å². The van der Waals surface area contributed by atoms with Gasteiger partial charge in [-0.25, -0.2) is 4.39 Å². The highest BCUT2D eigenvalue weighted by molar-refractivity contribution is 8.26. The molecule has 0 spiro atoms. The van der Waals surface area contributed by atoms with Crippen molar-refractivity contribution >= 4 is 40.3 Å². The number of benzene rings is 1. The minimum absolute atomic E-state index is 0.197. The predicted octanol–water partition coefficient (Wildman–Crippen LogP) is 2.62. The average Bonchev–Trinajstić information content (AvgIpc) is 2.51. The van der Waals surface area contributed by atoms with Crippen LogP contribution in [0.3, 0.4) is 0 Å². The highest BCUT2D eigenvalue weighted by atomic mass is 32.2. The van der Waals surface area contributed by atoms with Crippen LogP contribution in [0.5, 0.6) is 0 Å². The fraction of sp³-hybridized carbons (Fsp3) is 0.0909. The van der Waals surface area contributed by atoms with Gasteiger partial charge < -0.3 is 5.32 Å². The van der Waals surface area contributed by atoms with E-state index in [0.717, 1.165) is 5.56 Å². The van der Waals surface area contributed by atoms with Gasteiger partial charge in [0.1, 0.15) is 10.1 Å². The number of hydrogen-bond donors (Lipinski definition) is 1. The third-order valence-electron chi connectivity index (χ3n) is 2.12. The van der Waals surface area contributed by atoms with Gasteiger partial charge in [0.25, 0.3) is 5.91 Å². The van der Waals surface area contributed by atoms with Crippen LogP contribution in [0, 0.1) is 12.7 Å². The molecule has 2 rings (SSSR count). The summed E-state index contributed by atoms with van der Waals surface area (Å²) in [5.41, 5.74) is 1.35. The Morgan fingerprint density at radius 3 is 2.81 bits per heavy atom. The maximum Gasteiger partial charge on any atom is 0.263 e. The lowest BCUT2D eigenvalue weighted by Gasteiger charge is -1.98. The van der Waals surface area contributed by atoms with E-state index in [9.17, 15) is 9.18 Å². The maximum atomic E-state index is 13.0. The zero-order valence-electron chi connectivity index (χ0n) is 8.41. The molecule has 0 radical (unpaired) electrons. The van der Waals surface area contributed by atoms with Crippen LogP contribution in [0.15, 0.2) is 23.1 Å². The fourth-order valence-electron chi connectivity index (χ4n) is 1.33. The molecule has 1 aliphatic rings. The molecule has 16 heavy (non-hydrogen) atoms. The molecule has 2 nitrogen and oxygen atoms in total. The average molecular weight is 253 g/mol. The van der Waals surface area contributed by atoms with E-state index < -0.39 is 0 Å². The molecule has 0 atom stereocenters. The summed E-state index contributed by atoms with van der Waals surface area (Å²) in [7, 11) is 0. The summed E-state index contributed by atoms with van der Waals surface area (Å²) in [6.07, 6.45) is 1.70. The number of thioether (sulfide) groups is 1. The fourth-order valence-corrected chi connectivity index (χ4v) is 2.37. The number of halogens is 1. The summed E-state index contributed by atoms with van der Waals surface area (Å²) in [6.45, 7) is 1.68. The second-order valence-corrected chi connectivity index (χ2v) is 5.08. The van der Waals surface area contributed by atoms with Crippen LogP contribution in [-0.4, -0.2) is 10.2 Å². The number of amides is 1. The summed E-state index contributed by atoms with van der Waals surface area (Å²) in [5.74, 6) is -0.446. The van der Waals surface area contributed by atoms with Crippen molar-refractivity contribution in [1.29, 1.82) is 0 Å². The predicted molar refractivity (Wildman–Crippen MR) is 67.4 cm³/mol. The Labute approximate surface area is 102 Å². The molecule has 82 valence electrons. The molecule has 0 unspecified atom stereocenters. The van der Waals surface area contributed by atoms with Gasteiger partial charge in [0.05, 0.1) is 4.91 Å². The quantitative estimate of drug-likeness (QED) is 0.616. The van der Waals surface area contributed by atoms with Crippen molar-refractivity contribution in [3.05, 3.63) is 40.0 Å². The molecule has 0 aromatic heterocycles. The Hall–Kier alpha value is -1.20. The molecule has 1 N–H and O–H groups in total. The largest absolute Gasteiger partial charge is 0.307 e. The third-order valence-corrected chi connectivity index (χ3v) is 3.28. The first kappa shape index (κ1) is 11.3. The Bertz CT molecular complexity index is 511. The van der Waals surface area contributed by atoms with Crippen LogP contribution in [0.4, 0.5) is 4.39 Å². The monoisotopic (exact) mass is 253 g/mol. The third kappa shape index (κ3) is 2.31. The molecule has 1 aromatic carbocycles. The first-order valence-corrected chi connectivity index (χ1v) is 5.80. The van der Waals surface area contributed by atoms with Crippen molar-refractivity contribution in [1.82, 2.24) is 5.32 Å². The van der Waals surface area contributed by atoms with E-state index in [2.05, 4.69) is 5.32 Å². The van der Waals surface area contributed by atoms with Gasteiger partial charge in [-0.2, -0.15) is 0 Å². The first-order valence-electron chi connectivity index (χ1n) is 4.57. The molecular formula is C11H8FNOS2. The van der Waals surface area contributed by atoms with Crippen molar-refractivity contribution < 1.29 is 9.18 Å².